The van der Waals surface area contributed by atoms with Gasteiger partial charge in [0.25, 0.3) is 0 Å². The second-order valence-corrected chi connectivity index (χ2v) is 8.39. The Morgan fingerprint density at radius 1 is 1.36 bits per heavy atom. The van der Waals surface area contributed by atoms with Crippen molar-refractivity contribution in [1.29, 1.82) is 0 Å². The molecular formula is C17H28ClN3O3S. The molecule has 0 aromatic heterocycles. The van der Waals surface area contributed by atoms with E-state index in [0.29, 0.717) is 19.3 Å². The predicted molar refractivity (Wildman–Crippen MR) is 103 cm³/mol. The standard InChI is InChI=1S/C17H27N3O3S.ClH/c1-5-17(18,6-2)11-19-24(22,23)15-7-8-16-14(10-15)9-12(3)20(16)13(4)21;/h7-8,10,12,19H,5-6,9,11,18H2,1-4H3;1H. The smallest absolute Gasteiger partial charge is 0.240 e. The van der Waals surface area contributed by atoms with Crippen molar-refractivity contribution in [2.45, 2.75) is 63.4 Å². The largest absolute Gasteiger partial charge is 0.324 e. The van der Waals surface area contributed by atoms with Gasteiger partial charge in [0.15, 0.2) is 0 Å². The van der Waals surface area contributed by atoms with Gasteiger partial charge in [0.1, 0.15) is 0 Å². The first-order chi connectivity index (χ1) is 11.1. The van der Waals surface area contributed by atoms with Gasteiger partial charge in [-0.2, -0.15) is 0 Å². The van der Waals surface area contributed by atoms with Gasteiger partial charge in [-0.05, 0) is 49.9 Å². The zero-order valence-electron chi connectivity index (χ0n) is 15.2. The molecule has 1 aromatic rings. The van der Waals surface area contributed by atoms with Crippen molar-refractivity contribution < 1.29 is 13.2 Å². The van der Waals surface area contributed by atoms with Gasteiger partial charge < -0.3 is 10.6 Å². The molecule has 0 saturated carbocycles. The fraction of sp³-hybridized carbons (Fsp3) is 0.588. The molecule has 142 valence electrons. The van der Waals surface area contributed by atoms with E-state index in [0.717, 1.165) is 11.3 Å². The third-order valence-corrected chi connectivity index (χ3v) is 6.34. The van der Waals surface area contributed by atoms with Crippen LogP contribution in [0.1, 0.15) is 46.1 Å². The number of anilines is 1. The van der Waals surface area contributed by atoms with Crippen LogP contribution in [-0.4, -0.2) is 32.5 Å². The zero-order valence-corrected chi connectivity index (χ0v) is 16.8. The van der Waals surface area contributed by atoms with Crippen LogP contribution < -0.4 is 15.4 Å². The summed E-state index contributed by atoms with van der Waals surface area (Å²) in [6.07, 6.45) is 2.05. The van der Waals surface area contributed by atoms with Gasteiger partial charge in [0.05, 0.1) is 4.90 Å². The Labute approximate surface area is 156 Å². The van der Waals surface area contributed by atoms with Crippen LogP contribution in [0, 0.1) is 0 Å². The average Bonchev–Trinajstić information content (AvgIpc) is 2.87. The Morgan fingerprint density at radius 3 is 2.48 bits per heavy atom. The summed E-state index contributed by atoms with van der Waals surface area (Å²) in [5, 5.41) is 0. The average molecular weight is 390 g/mol. The maximum absolute atomic E-state index is 12.6. The molecule has 1 aromatic carbocycles. The topological polar surface area (TPSA) is 92.5 Å². The lowest BCUT2D eigenvalue weighted by molar-refractivity contribution is -0.116. The first kappa shape index (κ1) is 21.9. The SMILES string of the molecule is CCC(N)(CC)CNS(=O)(=O)c1ccc2c(c1)CC(C)N2C(C)=O.Cl. The second-order valence-electron chi connectivity index (χ2n) is 6.63. The number of fused-ring (bicyclic) bond motifs is 1. The Kier molecular flexibility index (Phi) is 7.03. The highest BCUT2D eigenvalue weighted by Crippen LogP contribution is 2.33. The fourth-order valence-electron chi connectivity index (χ4n) is 3.08. The van der Waals surface area contributed by atoms with E-state index in [4.69, 9.17) is 5.73 Å². The third-order valence-electron chi connectivity index (χ3n) is 4.94. The van der Waals surface area contributed by atoms with Gasteiger partial charge in [0.2, 0.25) is 15.9 Å². The molecular weight excluding hydrogens is 362 g/mol. The molecule has 0 saturated heterocycles. The number of nitrogens with zero attached hydrogens (tertiary/aromatic N) is 1. The number of sulfonamides is 1. The van der Waals surface area contributed by atoms with Gasteiger partial charge in [0, 0.05) is 30.7 Å². The Hall–Kier alpha value is -1.15. The van der Waals surface area contributed by atoms with Crippen molar-refractivity contribution >= 4 is 34.0 Å². The molecule has 0 radical (unpaired) electrons. The lowest BCUT2D eigenvalue weighted by atomic mass is 9.95. The molecule has 1 aliphatic rings. The van der Waals surface area contributed by atoms with Crippen LogP contribution in [0.4, 0.5) is 5.69 Å². The maximum atomic E-state index is 12.6. The van der Waals surface area contributed by atoms with Gasteiger partial charge in [-0.3, -0.25) is 4.79 Å². The van der Waals surface area contributed by atoms with E-state index in [-0.39, 0.29) is 35.8 Å². The van der Waals surface area contributed by atoms with Crippen molar-refractivity contribution in [3.63, 3.8) is 0 Å². The molecule has 2 rings (SSSR count). The number of carbonyl (C=O) groups excluding carboxylic acids is 1. The van der Waals surface area contributed by atoms with Crippen LogP contribution in [0.5, 0.6) is 0 Å². The Balaban J connectivity index is 0.00000312. The van der Waals surface area contributed by atoms with Crippen molar-refractivity contribution in [1.82, 2.24) is 4.72 Å². The van der Waals surface area contributed by atoms with E-state index >= 15 is 0 Å². The zero-order chi connectivity index (χ0) is 18.1. The summed E-state index contributed by atoms with van der Waals surface area (Å²) in [6.45, 7) is 7.58. The fourth-order valence-corrected chi connectivity index (χ4v) is 4.27. The predicted octanol–water partition coefficient (Wildman–Crippen LogP) is 2.20. The van der Waals surface area contributed by atoms with E-state index < -0.39 is 15.6 Å². The summed E-state index contributed by atoms with van der Waals surface area (Å²) >= 11 is 0. The molecule has 0 bridgehead atoms. The second kappa shape index (κ2) is 8.03. The number of benzene rings is 1. The number of rotatable bonds is 6. The minimum atomic E-state index is -3.62. The molecule has 6 nitrogen and oxygen atoms in total. The first-order valence-corrected chi connectivity index (χ1v) is 9.83. The molecule has 1 unspecified atom stereocenters. The number of nitrogens with two attached hydrogens (primary N) is 1. The van der Waals surface area contributed by atoms with Crippen LogP contribution in [0.2, 0.25) is 0 Å². The Morgan fingerprint density at radius 2 is 1.96 bits per heavy atom. The lowest BCUT2D eigenvalue weighted by Crippen LogP contribution is -2.49. The van der Waals surface area contributed by atoms with Crippen LogP contribution in [-0.2, 0) is 21.2 Å². The molecule has 0 spiro atoms. The van der Waals surface area contributed by atoms with Crippen LogP contribution >= 0.6 is 12.4 Å². The number of halogens is 1. The van der Waals surface area contributed by atoms with E-state index in [1.165, 1.54) is 6.92 Å². The van der Waals surface area contributed by atoms with Crippen LogP contribution in [0.25, 0.3) is 0 Å². The summed E-state index contributed by atoms with van der Waals surface area (Å²) in [7, 11) is -3.62. The highest BCUT2D eigenvalue weighted by molar-refractivity contribution is 7.89. The number of hydrogen-bond acceptors (Lipinski definition) is 4. The summed E-state index contributed by atoms with van der Waals surface area (Å²) < 4.78 is 27.7. The van der Waals surface area contributed by atoms with Crippen LogP contribution in [0.15, 0.2) is 23.1 Å². The highest BCUT2D eigenvalue weighted by atomic mass is 35.5. The molecule has 3 N–H and O–H groups in total. The highest BCUT2D eigenvalue weighted by Gasteiger charge is 2.30. The van der Waals surface area contributed by atoms with Crippen molar-refractivity contribution in [2.75, 3.05) is 11.4 Å². The van der Waals surface area contributed by atoms with Gasteiger partial charge in [-0.15, -0.1) is 12.4 Å². The minimum Gasteiger partial charge on any atom is -0.324 e. The van der Waals surface area contributed by atoms with Gasteiger partial charge >= 0.3 is 0 Å². The molecule has 1 heterocycles. The first-order valence-electron chi connectivity index (χ1n) is 8.35. The third kappa shape index (κ3) is 4.53. The van der Waals surface area contributed by atoms with E-state index in [9.17, 15) is 13.2 Å². The van der Waals surface area contributed by atoms with E-state index in [2.05, 4.69) is 4.72 Å². The lowest BCUT2D eigenvalue weighted by Gasteiger charge is -2.26. The molecule has 0 fully saturated rings. The number of hydrogen-bond donors (Lipinski definition) is 2. The summed E-state index contributed by atoms with van der Waals surface area (Å²) in [4.78, 5) is 13.7. The maximum Gasteiger partial charge on any atom is 0.240 e. The van der Waals surface area contributed by atoms with Gasteiger partial charge in [-0.1, -0.05) is 13.8 Å². The molecule has 25 heavy (non-hydrogen) atoms. The van der Waals surface area contributed by atoms with Crippen molar-refractivity contribution in [2.24, 2.45) is 5.73 Å². The molecule has 1 aliphatic heterocycles. The number of carbonyl (C=O) groups is 1. The Bertz CT molecular complexity index is 733. The molecule has 8 heteroatoms. The normalized spacial score (nSPS) is 17.2. The summed E-state index contributed by atoms with van der Waals surface area (Å²) in [5.41, 5.74) is 7.31. The quantitative estimate of drug-likeness (QED) is 0.780. The van der Waals surface area contributed by atoms with Gasteiger partial charge in [-0.25, -0.2) is 13.1 Å². The molecule has 1 atom stereocenters. The number of amides is 1. The monoisotopic (exact) mass is 389 g/mol. The number of nitrogens with one attached hydrogen (secondary N) is 1. The minimum absolute atomic E-state index is 0. The van der Waals surface area contributed by atoms with Crippen molar-refractivity contribution in [3.8, 4) is 0 Å². The summed E-state index contributed by atoms with van der Waals surface area (Å²) in [6, 6.07) is 4.96. The molecule has 1 amide bonds. The van der Waals surface area contributed by atoms with Crippen molar-refractivity contribution in [3.05, 3.63) is 23.8 Å². The molecule has 0 aliphatic carbocycles. The van der Waals surface area contributed by atoms with E-state index in [1.807, 2.05) is 20.8 Å². The summed E-state index contributed by atoms with van der Waals surface area (Å²) in [5.74, 6) is -0.0335. The van der Waals surface area contributed by atoms with Crippen LogP contribution in [0.3, 0.4) is 0 Å². The van der Waals surface area contributed by atoms with E-state index in [1.54, 1.807) is 23.1 Å².